The average Bonchev–Trinajstić information content (AvgIpc) is 2.96. The fraction of sp³-hybridized carbons (Fsp3) is 1.00. The van der Waals surface area contributed by atoms with Gasteiger partial charge in [-0.25, -0.2) is 0 Å². The van der Waals surface area contributed by atoms with Gasteiger partial charge in [0.05, 0.1) is 17.3 Å². The second-order valence-corrected chi connectivity index (χ2v) is 6.87. The first-order valence-electron chi connectivity index (χ1n) is 8.16. The maximum absolute atomic E-state index is 10.5. The summed E-state index contributed by atoms with van der Waals surface area (Å²) in [6, 6.07) is 0. The molecular weight excluding hydrogens is 238 g/mol. The second-order valence-electron chi connectivity index (χ2n) is 6.87. The van der Waals surface area contributed by atoms with Crippen molar-refractivity contribution >= 4 is 0 Å². The lowest BCUT2D eigenvalue weighted by Gasteiger charge is -2.29. The van der Waals surface area contributed by atoms with Crippen LogP contribution in [-0.4, -0.2) is 35.5 Å². The molecule has 2 aliphatic rings. The van der Waals surface area contributed by atoms with E-state index in [0.717, 1.165) is 38.8 Å². The lowest BCUT2D eigenvalue weighted by atomic mass is 9.92. The van der Waals surface area contributed by atoms with Crippen molar-refractivity contribution in [1.82, 2.24) is 5.32 Å². The third-order valence-corrected chi connectivity index (χ3v) is 4.79. The van der Waals surface area contributed by atoms with Gasteiger partial charge in [0.1, 0.15) is 0 Å². The van der Waals surface area contributed by atoms with Crippen molar-refractivity contribution < 1.29 is 9.84 Å². The largest absolute Gasteiger partial charge is 0.390 e. The van der Waals surface area contributed by atoms with Gasteiger partial charge in [0.2, 0.25) is 0 Å². The molecule has 0 amide bonds. The predicted molar refractivity (Wildman–Crippen MR) is 78.3 cm³/mol. The smallest absolute Gasteiger partial charge is 0.0687 e. The molecule has 2 atom stereocenters. The topological polar surface area (TPSA) is 41.5 Å². The van der Waals surface area contributed by atoms with E-state index >= 15 is 0 Å². The third kappa shape index (κ3) is 4.44. The molecule has 3 nitrogen and oxygen atoms in total. The van der Waals surface area contributed by atoms with Gasteiger partial charge in [0, 0.05) is 6.42 Å². The highest BCUT2D eigenvalue weighted by Gasteiger charge is 2.43. The molecule has 2 rings (SSSR count). The van der Waals surface area contributed by atoms with E-state index in [9.17, 15) is 5.11 Å². The number of hydrogen-bond donors (Lipinski definition) is 2. The third-order valence-electron chi connectivity index (χ3n) is 4.79. The molecule has 1 aliphatic carbocycles. The van der Waals surface area contributed by atoms with E-state index in [1.165, 1.54) is 32.1 Å². The van der Waals surface area contributed by atoms with Crippen LogP contribution in [-0.2, 0) is 4.74 Å². The quantitative estimate of drug-likeness (QED) is 0.698. The highest BCUT2D eigenvalue weighted by atomic mass is 16.5. The van der Waals surface area contributed by atoms with Crippen LogP contribution < -0.4 is 5.32 Å². The Balaban J connectivity index is 1.71. The Labute approximate surface area is 118 Å². The van der Waals surface area contributed by atoms with Crippen molar-refractivity contribution in [2.75, 3.05) is 13.1 Å². The Morgan fingerprint density at radius 2 is 2.00 bits per heavy atom. The molecule has 1 spiro atoms. The fourth-order valence-corrected chi connectivity index (χ4v) is 3.68. The number of nitrogens with one attached hydrogen (secondary N) is 1. The van der Waals surface area contributed by atoms with Gasteiger partial charge in [-0.3, -0.25) is 0 Å². The van der Waals surface area contributed by atoms with Crippen LogP contribution in [0.1, 0.15) is 71.6 Å². The van der Waals surface area contributed by atoms with E-state index in [2.05, 4.69) is 12.2 Å². The molecule has 2 N–H and O–H groups in total. The maximum atomic E-state index is 10.5. The van der Waals surface area contributed by atoms with E-state index < -0.39 is 5.60 Å². The zero-order valence-electron chi connectivity index (χ0n) is 12.7. The zero-order chi connectivity index (χ0) is 13.8. The van der Waals surface area contributed by atoms with Gasteiger partial charge in [-0.2, -0.15) is 0 Å². The van der Waals surface area contributed by atoms with Crippen molar-refractivity contribution in [3.63, 3.8) is 0 Å². The van der Waals surface area contributed by atoms with Gasteiger partial charge in [0.15, 0.2) is 0 Å². The summed E-state index contributed by atoms with van der Waals surface area (Å²) in [6.45, 7) is 6.07. The Kier molecular flexibility index (Phi) is 5.27. The van der Waals surface area contributed by atoms with Gasteiger partial charge >= 0.3 is 0 Å². The summed E-state index contributed by atoms with van der Waals surface area (Å²) in [6.07, 6.45) is 10.5. The molecule has 112 valence electrons. The van der Waals surface area contributed by atoms with Crippen LogP contribution in [0.2, 0.25) is 0 Å². The van der Waals surface area contributed by atoms with E-state index in [0.29, 0.717) is 0 Å². The molecule has 2 fully saturated rings. The number of ether oxygens (including phenoxy) is 1. The molecule has 0 aromatic rings. The lowest BCUT2D eigenvalue weighted by molar-refractivity contribution is -0.0728. The Morgan fingerprint density at radius 3 is 2.68 bits per heavy atom. The van der Waals surface area contributed by atoms with Crippen LogP contribution in [0.5, 0.6) is 0 Å². The Morgan fingerprint density at radius 1 is 1.26 bits per heavy atom. The van der Waals surface area contributed by atoms with Crippen LogP contribution in [0.4, 0.5) is 0 Å². The molecule has 0 radical (unpaired) electrons. The monoisotopic (exact) mass is 269 g/mol. The minimum Gasteiger partial charge on any atom is -0.390 e. The summed E-state index contributed by atoms with van der Waals surface area (Å²) in [5.41, 5.74) is -0.392. The predicted octanol–water partition coefficient (Wildman–Crippen LogP) is 3.01. The fourth-order valence-electron chi connectivity index (χ4n) is 3.68. The highest BCUT2D eigenvalue weighted by molar-refractivity contribution is 4.94. The lowest BCUT2D eigenvalue weighted by Crippen LogP contribution is -2.35. The first-order valence-corrected chi connectivity index (χ1v) is 8.16. The minimum atomic E-state index is -0.588. The van der Waals surface area contributed by atoms with E-state index in [1.54, 1.807) is 0 Å². The molecule has 1 saturated carbocycles. The van der Waals surface area contributed by atoms with E-state index in [-0.39, 0.29) is 11.7 Å². The minimum absolute atomic E-state index is 0.196. The number of rotatable bonds is 7. The summed E-state index contributed by atoms with van der Waals surface area (Å²) < 4.78 is 6.29. The molecule has 1 saturated heterocycles. The molecule has 1 aliphatic heterocycles. The summed E-state index contributed by atoms with van der Waals surface area (Å²) in [5.74, 6) is 0. The highest BCUT2D eigenvalue weighted by Crippen LogP contribution is 2.44. The summed E-state index contributed by atoms with van der Waals surface area (Å²) in [7, 11) is 0. The Bertz CT molecular complexity index is 272. The molecule has 2 unspecified atom stereocenters. The van der Waals surface area contributed by atoms with Crippen molar-refractivity contribution in [1.29, 1.82) is 0 Å². The number of hydrogen-bond acceptors (Lipinski definition) is 3. The van der Waals surface area contributed by atoms with Crippen molar-refractivity contribution in [3.05, 3.63) is 0 Å². The molecule has 0 aromatic heterocycles. The van der Waals surface area contributed by atoms with Crippen molar-refractivity contribution in [2.45, 2.75) is 88.9 Å². The summed E-state index contributed by atoms with van der Waals surface area (Å²) in [5, 5.41) is 13.8. The first kappa shape index (κ1) is 15.3. The molecule has 0 bridgehead atoms. The normalized spacial score (nSPS) is 28.9. The molecule has 3 heteroatoms. The van der Waals surface area contributed by atoms with E-state index in [1.807, 2.05) is 6.92 Å². The molecule has 19 heavy (non-hydrogen) atoms. The van der Waals surface area contributed by atoms with Gasteiger partial charge in [-0.05, 0) is 58.5 Å². The summed E-state index contributed by atoms with van der Waals surface area (Å²) >= 11 is 0. The van der Waals surface area contributed by atoms with Crippen LogP contribution in [0.3, 0.4) is 0 Å². The van der Waals surface area contributed by atoms with Gasteiger partial charge in [-0.15, -0.1) is 0 Å². The standard InChI is InChI=1S/C16H31NO2/c1-3-11-17-12-10-15(2,18)13-14-6-9-16(19-14)7-4-5-8-16/h14,17-18H,3-13H2,1-2H3. The van der Waals surface area contributed by atoms with Crippen molar-refractivity contribution in [2.24, 2.45) is 0 Å². The molecular formula is C16H31NO2. The first-order chi connectivity index (χ1) is 9.05. The SMILES string of the molecule is CCCNCCC(C)(O)CC1CCC2(CCCC2)O1. The maximum Gasteiger partial charge on any atom is 0.0687 e. The van der Waals surface area contributed by atoms with Crippen LogP contribution >= 0.6 is 0 Å². The average molecular weight is 269 g/mol. The molecule has 0 aromatic carbocycles. The van der Waals surface area contributed by atoms with Gasteiger partial charge < -0.3 is 15.2 Å². The van der Waals surface area contributed by atoms with Crippen molar-refractivity contribution in [3.8, 4) is 0 Å². The van der Waals surface area contributed by atoms with Crippen LogP contribution in [0.15, 0.2) is 0 Å². The van der Waals surface area contributed by atoms with E-state index in [4.69, 9.17) is 4.74 Å². The van der Waals surface area contributed by atoms with Gasteiger partial charge in [0.25, 0.3) is 0 Å². The Hall–Kier alpha value is -0.120. The van der Waals surface area contributed by atoms with Crippen LogP contribution in [0.25, 0.3) is 0 Å². The van der Waals surface area contributed by atoms with Crippen LogP contribution in [0, 0.1) is 0 Å². The zero-order valence-corrected chi connectivity index (χ0v) is 12.7. The molecule has 1 heterocycles. The van der Waals surface area contributed by atoms with Gasteiger partial charge in [-0.1, -0.05) is 19.8 Å². The second kappa shape index (κ2) is 6.55. The summed E-state index contributed by atoms with van der Waals surface area (Å²) in [4.78, 5) is 0. The number of aliphatic hydroxyl groups is 1.